The van der Waals surface area contributed by atoms with Crippen molar-refractivity contribution >= 4 is 29.3 Å². The summed E-state index contributed by atoms with van der Waals surface area (Å²) in [4.78, 5) is 24.2. The smallest absolute Gasteiger partial charge is 0.337 e. The minimum atomic E-state index is -0.519. The quantitative estimate of drug-likeness (QED) is 0.594. The van der Waals surface area contributed by atoms with Crippen molar-refractivity contribution in [1.29, 1.82) is 0 Å². The predicted molar refractivity (Wildman–Crippen MR) is 100 cm³/mol. The molecule has 0 saturated carbocycles. The molecule has 0 bridgehead atoms. The van der Waals surface area contributed by atoms with Gasteiger partial charge in [-0.3, -0.25) is 0 Å². The van der Waals surface area contributed by atoms with Gasteiger partial charge in [0.2, 0.25) is 6.29 Å². The molecule has 0 aromatic heterocycles. The van der Waals surface area contributed by atoms with Crippen molar-refractivity contribution in [3.05, 3.63) is 52.8 Å². The van der Waals surface area contributed by atoms with E-state index in [0.29, 0.717) is 29.2 Å². The van der Waals surface area contributed by atoms with Crippen molar-refractivity contribution in [2.45, 2.75) is 12.7 Å². The minimum Gasteiger partial charge on any atom is -0.471 e. The lowest BCUT2D eigenvalue weighted by Crippen LogP contribution is -2.39. The van der Waals surface area contributed by atoms with E-state index in [2.05, 4.69) is 10.6 Å². The highest BCUT2D eigenvalue weighted by molar-refractivity contribution is 6.30. The Hall–Kier alpha value is -2.51. The van der Waals surface area contributed by atoms with Crippen molar-refractivity contribution in [1.82, 2.24) is 5.32 Å². The van der Waals surface area contributed by atoms with Crippen molar-refractivity contribution in [2.24, 2.45) is 11.8 Å². The van der Waals surface area contributed by atoms with E-state index in [0.717, 1.165) is 5.57 Å². The van der Waals surface area contributed by atoms with Crippen LogP contribution in [0.3, 0.4) is 0 Å². The molecule has 1 aliphatic heterocycles. The number of hydrogen-bond acceptors (Lipinski definition) is 5. The third-order valence-corrected chi connectivity index (χ3v) is 4.94. The molecule has 7 nitrogen and oxygen atoms in total. The predicted octanol–water partition coefficient (Wildman–Crippen LogP) is 3.08. The average Bonchev–Trinajstić information content (AvgIpc) is 3.09. The van der Waals surface area contributed by atoms with Gasteiger partial charge in [0.25, 0.3) is 0 Å². The monoisotopic (exact) mass is 392 g/mol. The Balaban J connectivity index is 1.63. The number of esters is 1. The van der Waals surface area contributed by atoms with Crippen LogP contribution in [0.4, 0.5) is 10.5 Å². The molecule has 0 unspecified atom stereocenters. The second-order valence-corrected chi connectivity index (χ2v) is 6.71. The number of urea groups is 1. The van der Waals surface area contributed by atoms with Crippen molar-refractivity contribution in [3.63, 3.8) is 0 Å². The molecular weight excluding hydrogens is 372 g/mol. The number of nitrogens with one attached hydrogen (secondary N) is 2. The average molecular weight is 393 g/mol. The highest BCUT2D eigenvalue weighted by Gasteiger charge is 2.44. The topological polar surface area (TPSA) is 85.9 Å². The Labute approximate surface area is 162 Å². The van der Waals surface area contributed by atoms with Gasteiger partial charge in [0.05, 0.1) is 24.9 Å². The third kappa shape index (κ3) is 4.26. The highest BCUT2D eigenvalue weighted by atomic mass is 35.5. The molecular formula is C19H21ClN2O5. The summed E-state index contributed by atoms with van der Waals surface area (Å²) in [7, 11) is 2.89. The van der Waals surface area contributed by atoms with Crippen LogP contribution in [0.15, 0.2) is 47.7 Å². The Morgan fingerprint density at radius 1 is 1.33 bits per heavy atom. The SMILES string of the molecule is COC(=O)C1=CO[C@@H](OC)[C@@H]2C(CNC(=O)Nc3cccc(Cl)c3)=CC[C@H]12. The van der Waals surface area contributed by atoms with Crippen molar-refractivity contribution < 1.29 is 23.8 Å². The van der Waals surface area contributed by atoms with Gasteiger partial charge in [0.1, 0.15) is 0 Å². The van der Waals surface area contributed by atoms with Crippen LogP contribution in [0.1, 0.15) is 6.42 Å². The molecule has 1 heterocycles. The van der Waals surface area contributed by atoms with Crippen molar-refractivity contribution in [3.8, 4) is 0 Å². The van der Waals surface area contributed by atoms with Crippen LogP contribution in [0, 0.1) is 11.8 Å². The Morgan fingerprint density at radius 3 is 2.85 bits per heavy atom. The van der Waals surface area contributed by atoms with E-state index in [4.69, 9.17) is 25.8 Å². The number of allylic oxidation sites excluding steroid dienone is 1. The number of anilines is 1. The normalized spacial score (nSPS) is 23.4. The Morgan fingerprint density at radius 2 is 2.15 bits per heavy atom. The number of hydrogen-bond donors (Lipinski definition) is 2. The first-order chi connectivity index (χ1) is 13.0. The second kappa shape index (κ2) is 8.45. The maximum absolute atomic E-state index is 12.2. The molecule has 2 amide bonds. The second-order valence-electron chi connectivity index (χ2n) is 6.27. The number of fused-ring (bicyclic) bond motifs is 1. The maximum Gasteiger partial charge on any atom is 0.337 e. The molecule has 0 saturated heterocycles. The van der Waals surface area contributed by atoms with Gasteiger partial charge < -0.3 is 24.8 Å². The lowest BCUT2D eigenvalue weighted by Gasteiger charge is -2.34. The van der Waals surface area contributed by atoms with E-state index < -0.39 is 12.3 Å². The van der Waals surface area contributed by atoms with E-state index in [9.17, 15) is 9.59 Å². The standard InChI is InChI=1S/C19H21ClN2O5/c1-25-17(23)15-10-27-18(26-2)16-11(6-7-14(15)16)9-21-19(24)22-13-5-3-4-12(20)8-13/h3-6,8,10,14,16,18H,7,9H2,1-2H3,(H2,21,22,24)/t14-,16-,18-/m1/s1. The molecule has 0 spiro atoms. The summed E-state index contributed by atoms with van der Waals surface area (Å²) in [6, 6.07) is 6.55. The molecule has 1 aromatic rings. The van der Waals surface area contributed by atoms with Crippen LogP contribution < -0.4 is 10.6 Å². The molecule has 1 aliphatic carbocycles. The van der Waals surface area contributed by atoms with Gasteiger partial charge in [-0.05, 0) is 30.2 Å². The van der Waals surface area contributed by atoms with Gasteiger partial charge in [-0.15, -0.1) is 0 Å². The number of carbonyl (C=O) groups is 2. The number of benzene rings is 1. The molecule has 1 aromatic carbocycles. The molecule has 3 rings (SSSR count). The number of amides is 2. The summed E-state index contributed by atoms with van der Waals surface area (Å²) >= 11 is 5.92. The fourth-order valence-electron chi connectivity index (χ4n) is 3.45. The van der Waals surface area contributed by atoms with Crippen LogP contribution >= 0.6 is 11.6 Å². The van der Waals surface area contributed by atoms with E-state index in [1.807, 2.05) is 6.08 Å². The van der Waals surface area contributed by atoms with Gasteiger partial charge in [0.15, 0.2) is 0 Å². The number of methoxy groups -OCH3 is 2. The zero-order valence-electron chi connectivity index (χ0n) is 15.0. The lowest BCUT2D eigenvalue weighted by atomic mass is 9.83. The van der Waals surface area contributed by atoms with Gasteiger partial charge >= 0.3 is 12.0 Å². The zero-order valence-corrected chi connectivity index (χ0v) is 15.8. The summed E-state index contributed by atoms with van der Waals surface area (Å²) in [5.41, 5.74) is 2.03. The Kier molecular flexibility index (Phi) is 6.03. The summed E-state index contributed by atoms with van der Waals surface area (Å²) < 4.78 is 15.8. The van der Waals surface area contributed by atoms with Crippen LogP contribution in [0.25, 0.3) is 0 Å². The first-order valence-electron chi connectivity index (χ1n) is 8.49. The molecule has 2 aliphatic rings. The van der Waals surface area contributed by atoms with Crippen LogP contribution in [0.5, 0.6) is 0 Å². The summed E-state index contributed by atoms with van der Waals surface area (Å²) in [5.74, 6) is -0.676. The van der Waals surface area contributed by atoms with Gasteiger partial charge in [-0.2, -0.15) is 0 Å². The van der Waals surface area contributed by atoms with Crippen LogP contribution in [-0.2, 0) is 19.0 Å². The highest BCUT2D eigenvalue weighted by Crippen LogP contribution is 2.43. The molecule has 0 fully saturated rings. The van der Waals surface area contributed by atoms with E-state index in [1.54, 1.807) is 31.4 Å². The molecule has 3 atom stereocenters. The molecule has 144 valence electrons. The fraction of sp³-hybridized carbons (Fsp3) is 0.368. The van der Waals surface area contributed by atoms with Crippen LogP contribution in [0.2, 0.25) is 5.02 Å². The van der Waals surface area contributed by atoms with E-state index >= 15 is 0 Å². The maximum atomic E-state index is 12.2. The minimum absolute atomic E-state index is 0.0936. The van der Waals surface area contributed by atoms with E-state index in [1.165, 1.54) is 13.4 Å². The van der Waals surface area contributed by atoms with Gasteiger partial charge in [-0.1, -0.05) is 23.7 Å². The Bertz CT molecular complexity index is 792. The molecule has 2 N–H and O–H groups in total. The van der Waals surface area contributed by atoms with E-state index in [-0.39, 0.29) is 17.9 Å². The van der Waals surface area contributed by atoms with Gasteiger partial charge in [-0.25, -0.2) is 9.59 Å². The van der Waals surface area contributed by atoms with Gasteiger partial charge in [0, 0.05) is 30.3 Å². The number of rotatable bonds is 5. The summed E-state index contributed by atoms with van der Waals surface area (Å²) in [6.45, 7) is 0.311. The fourth-order valence-corrected chi connectivity index (χ4v) is 3.64. The zero-order chi connectivity index (χ0) is 19.4. The third-order valence-electron chi connectivity index (χ3n) is 4.71. The summed E-state index contributed by atoms with van der Waals surface area (Å²) in [6.07, 6.45) is 3.56. The number of halogens is 1. The van der Waals surface area contributed by atoms with Crippen LogP contribution in [-0.4, -0.2) is 39.1 Å². The molecule has 8 heteroatoms. The largest absolute Gasteiger partial charge is 0.471 e. The lowest BCUT2D eigenvalue weighted by molar-refractivity contribution is -0.146. The first kappa shape index (κ1) is 19.3. The molecule has 0 radical (unpaired) electrons. The number of ether oxygens (including phenoxy) is 3. The van der Waals surface area contributed by atoms with Crippen molar-refractivity contribution in [2.75, 3.05) is 26.1 Å². The number of carbonyl (C=O) groups excluding carboxylic acids is 2. The summed E-state index contributed by atoms with van der Waals surface area (Å²) in [5, 5.41) is 6.09. The first-order valence-corrected chi connectivity index (χ1v) is 8.87. The molecule has 27 heavy (non-hydrogen) atoms.